The van der Waals surface area contributed by atoms with Gasteiger partial charge in [0.25, 0.3) is 5.91 Å². The number of hydrogen-bond acceptors (Lipinski definition) is 6. The van der Waals surface area contributed by atoms with Crippen molar-refractivity contribution in [2.75, 3.05) is 54.4 Å². The zero-order valence-corrected chi connectivity index (χ0v) is 19.8. The van der Waals surface area contributed by atoms with Gasteiger partial charge in [-0.2, -0.15) is 0 Å². The molecule has 0 bridgehead atoms. The van der Waals surface area contributed by atoms with Crippen molar-refractivity contribution >= 4 is 35.2 Å². The average molecular weight is 486 g/mol. The minimum absolute atomic E-state index is 0.0724. The first-order valence-electron chi connectivity index (χ1n) is 11.9. The number of benzene rings is 2. The number of rotatable bonds is 6. The normalized spacial score (nSPS) is 15.6. The molecule has 4 amide bonds. The SMILES string of the molecule is O=C(Nc1ccc(CC(=O)N2CCN(c3ncccn3)CC2)cc1)c1cccc(N2CCNC2=O)c1. The number of aromatic nitrogens is 2. The Bertz CT molecular complexity index is 1240. The smallest absolute Gasteiger partial charge is 0.321 e. The summed E-state index contributed by atoms with van der Waals surface area (Å²) in [5, 5.41) is 5.64. The van der Waals surface area contributed by atoms with Gasteiger partial charge in [-0.3, -0.25) is 14.5 Å². The van der Waals surface area contributed by atoms with Crippen LogP contribution in [-0.4, -0.2) is 72.0 Å². The maximum absolute atomic E-state index is 12.8. The van der Waals surface area contributed by atoms with Gasteiger partial charge in [-0.25, -0.2) is 14.8 Å². The Morgan fingerprint density at radius 3 is 2.36 bits per heavy atom. The molecule has 2 saturated heterocycles. The van der Waals surface area contributed by atoms with Gasteiger partial charge in [-0.05, 0) is 42.0 Å². The number of nitrogens with one attached hydrogen (secondary N) is 2. The lowest BCUT2D eigenvalue weighted by molar-refractivity contribution is -0.130. The monoisotopic (exact) mass is 485 g/mol. The largest absolute Gasteiger partial charge is 0.339 e. The van der Waals surface area contributed by atoms with Crippen molar-refractivity contribution in [3.05, 3.63) is 78.1 Å². The summed E-state index contributed by atoms with van der Waals surface area (Å²) in [5.74, 6) is 0.499. The van der Waals surface area contributed by atoms with Gasteiger partial charge in [0.1, 0.15) is 0 Å². The van der Waals surface area contributed by atoms with Crippen LogP contribution in [0.25, 0.3) is 0 Å². The van der Waals surface area contributed by atoms with Crippen molar-refractivity contribution in [3.8, 4) is 0 Å². The average Bonchev–Trinajstić information content (AvgIpc) is 3.36. The van der Waals surface area contributed by atoms with Gasteiger partial charge in [-0.1, -0.05) is 18.2 Å². The van der Waals surface area contributed by atoms with Crippen molar-refractivity contribution in [2.24, 2.45) is 0 Å². The quantitative estimate of drug-likeness (QED) is 0.554. The maximum atomic E-state index is 12.8. The molecule has 2 fully saturated rings. The third-order valence-electron chi connectivity index (χ3n) is 6.31. The Balaban J connectivity index is 1.14. The highest BCUT2D eigenvalue weighted by molar-refractivity contribution is 6.05. The van der Waals surface area contributed by atoms with Crippen molar-refractivity contribution in [2.45, 2.75) is 6.42 Å². The second-order valence-corrected chi connectivity index (χ2v) is 8.68. The summed E-state index contributed by atoms with van der Waals surface area (Å²) in [7, 11) is 0. The predicted octanol–water partition coefficient (Wildman–Crippen LogP) is 2.15. The Morgan fingerprint density at radius 2 is 1.67 bits per heavy atom. The maximum Gasteiger partial charge on any atom is 0.321 e. The van der Waals surface area contributed by atoms with E-state index >= 15 is 0 Å². The molecule has 2 aromatic carbocycles. The first kappa shape index (κ1) is 23.3. The van der Waals surface area contributed by atoms with Crippen LogP contribution < -0.4 is 20.4 Å². The van der Waals surface area contributed by atoms with Crippen molar-refractivity contribution in [3.63, 3.8) is 0 Å². The highest BCUT2D eigenvalue weighted by Crippen LogP contribution is 2.20. The molecular formula is C26H27N7O3. The molecule has 184 valence electrons. The lowest BCUT2D eigenvalue weighted by Gasteiger charge is -2.34. The number of urea groups is 1. The molecule has 10 heteroatoms. The fraction of sp³-hybridized carbons (Fsp3) is 0.269. The number of hydrogen-bond donors (Lipinski definition) is 2. The second kappa shape index (κ2) is 10.4. The summed E-state index contributed by atoms with van der Waals surface area (Å²) in [6.07, 6.45) is 3.74. The lowest BCUT2D eigenvalue weighted by Crippen LogP contribution is -2.49. The highest BCUT2D eigenvalue weighted by atomic mass is 16.2. The van der Waals surface area contributed by atoms with E-state index in [-0.39, 0.29) is 17.8 Å². The Morgan fingerprint density at radius 1 is 0.917 bits per heavy atom. The molecule has 0 spiro atoms. The van der Waals surface area contributed by atoms with Gasteiger partial charge in [-0.15, -0.1) is 0 Å². The van der Waals surface area contributed by atoms with Crippen molar-refractivity contribution < 1.29 is 14.4 Å². The predicted molar refractivity (Wildman–Crippen MR) is 136 cm³/mol. The van der Waals surface area contributed by atoms with Gasteiger partial charge >= 0.3 is 6.03 Å². The third kappa shape index (κ3) is 5.27. The van der Waals surface area contributed by atoms with Gasteiger partial charge in [0, 0.05) is 68.6 Å². The molecule has 0 atom stereocenters. The van der Waals surface area contributed by atoms with E-state index in [9.17, 15) is 14.4 Å². The molecule has 2 N–H and O–H groups in total. The number of anilines is 3. The molecule has 3 heterocycles. The topological polar surface area (TPSA) is 111 Å². The van der Waals surface area contributed by atoms with E-state index in [0.717, 1.165) is 5.56 Å². The van der Waals surface area contributed by atoms with E-state index in [1.54, 1.807) is 53.7 Å². The van der Waals surface area contributed by atoms with E-state index in [2.05, 4.69) is 25.5 Å². The van der Waals surface area contributed by atoms with Crippen molar-refractivity contribution in [1.82, 2.24) is 20.2 Å². The van der Waals surface area contributed by atoms with Crippen LogP contribution in [0.3, 0.4) is 0 Å². The third-order valence-corrected chi connectivity index (χ3v) is 6.31. The molecule has 0 unspecified atom stereocenters. The van der Waals surface area contributed by atoms with E-state index in [4.69, 9.17) is 0 Å². The van der Waals surface area contributed by atoms with Gasteiger partial charge < -0.3 is 20.4 Å². The number of nitrogens with zero attached hydrogens (tertiary/aromatic N) is 5. The number of carbonyl (C=O) groups excluding carboxylic acids is 3. The first-order chi connectivity index (χ1) is 17.6. The Kier molecular flexibility index (Phi) is 6.74. The van der Waals surface area contributed by atoms with E-state index in [1.165, 1.54) is 0 Å². The summed E-state index contributed by atoms with van der Waals surface area (Å²) in [6.45, 7) is 3.81. The fourth-order valence-corrected chi connectivity index (χ4v) is 4.34. The Labute approximate surface area is 208 Å². The Hall–Kier alpha value is -4.47. The molecule has 36 heavy (non-hydrogen) atoms. The molecule has 0 saturated carbocycles. The van der Waals surface area contributed by atoms with Crippen molar-refractivity contribution in [1.29, 1.82) is 0 Å². The standard InChI is InChI=1S/C26H27N7O3/c34-23(31-13-15-32(16-14-31)25-27-9-2-10-28-25)17-19-5-7-21(8-6-19)30-24(35)20-3-1-4-22(18-20)33-12-11-29-26(33)36/h1-10,18H,11-17H2,(H,29,36)(H,30,35). The molecule has 0 aliphatic carbocycles. The molecule has 5 rings (SSSR count). The van der Waals surface area contributed by atoms with E-state index < -0.39 is 0 Å². The number of amides is 4. The summed E-state index contributed by atoms with van der Waals surface area (Å²) in [4.78, 5) is 51.6. The van der Waals surface area contributed by atoms with Gasteiger partial charge in [0.15, 0.2) is 0 Å². The zero-order valence-electron chi connectivity index (χ0n) is 19.8. The molecule has 10 nitrogen and oxygen atoms in total. The van der Waals surface area contributed by atoms with Crippen LogP contribution in [-0.2, 0) is 11.2 Å². The first-order valence-corrected chi connectivity index (χ1v) is 11.9. The molecule has 3 aromatic rings. The molecule has 2 aliphatic heterocycles. The van der Waals surface area contributed by atoms with Crippen LogP contribution in [0.15, 0.2) is 67.0 Å². The van der Waals surface area contributed by atoms with Crippen LogP contribution in [0, 0.1) is 0 Å². The van der Waals surface area contributed by atoms with Crippen LogP contribution in [0.4, 0.5) is 22.1 Å². The molecular weight excluding hydrogens is 458 g/mol. The minimum atomic E-state index is -0.263. The fourth-order valence-electron chi connectivity index (χ4n) is 4.34. The van der Waals surface area contributed by atoms with Crippen LogP contribution in [0.5, 0.6) is 0 Å². The summed E-state index contributed by atoms with van der Waals surface area (Å²) in [5.41, 5.74) is 2.67. The number of carbonyl (C=O) groups is 3. The summed E-state index contributed by atoms with van der Waals surface area (Å²) in [6, 6.07) is 15.9. The van der Waals surface area contributed by atoms with E-state index in [1.807, 2.05) is 23.1 Å². The van der Waals surface area contributed by atoms with Crippen LogP contribution in [0.2, 0.25) is 0 Å². The molecule has 1 aromatic heterocycles. The van der Waals surface area contributed by atoms with E-state index in [0.29, 0.717) is 68.6 Å². The van der Waals surface area contributed by atoms with Crippen LogP contribution >= 0.6 is 0 Å². The lowest BCUT2D eigenvalue weighted by atomic mass is 10.1. The number of piperazine rings is 1. The zero-order chi connectivity index (χ0) is 24.9. The summed E-state index contributed by atoms with van der Waals surface area (Å²) >= 11 is 0. The second-order valence-electron chi connectivity index (χ2n) is 8.68. The minimum Gasteiger partial charge on any atom is -0.339 e. The molecule has 2 aliphatic rings. The van der Waals surface area contributed by atoms with Crippen LogP contribution in [0.1, 0.15) is 15.9 Å². The van der Waals surface area contributed by atoms with Gasteiger partial charge in [0.2, 0.25) is 11.9 Å². The molecule has 0 radical (unpaired) electrons. The van der Waals surface area contributed by atoms with Gasteiger partial charge in [0.05, 0.1) is 6.42 Å². The summed E-state index contributed by atoms with van der Waals surface area (Å²) < 4.78 is 0. The highest BCUT2D eigenvalue weighted by Gasteiger charge is 2.23.